The van der Waals surface area contributed by atoms with Gasteiger partial charge >= 0.3 is 11.9 Å². The van der Waals surface area contributed by atoms with Crippen molar-refractivity contribution in [3.8, 4) is 11.5 Å². The Kier molecular flexibility index (Phi) is 17.6. The molecule has 0 saturated carbocycles. The highest BCUT2D eigenvalue weighted by molar-refractivity contribution is 14.1. The minimum Gasteiger partial charge on any atom is -0.756 e. The van der Waals surface area contributed by atoms with Crippen LogP contribution in [0.1, 0.15) is 0 Å². The topological polar surface area (TPSA) is 130 Å². The maximum Gasteiger partial charge on any atom is 0.344 e. The third-order valence-electron chi connectivity index (χ3n) is 4.76. The molecule has 0 N–H and O–H groups in total. The van der Waals surface area contributed by atoms with Crippen LogP contribution in [-0.2, 0) is 32.7 Å². The number of hydrogen-bond donors (Lipinski definition) is 0. The Balaban J connectivity index is 1.99. The van der Waals surface area contributed by atoms with Gasteiger partial charge in [0.2, 0.25) is 0 Å². The van der Waals surface area contributed by atoms with E-state index in [1.165, 1.54) is 0 Å². The number of phosphoric acid groups is 1. The van der Waals surface area contributed by atoms with Gasteiger partial charge in [-0.3, -0.25) is 4.57 Å². The van der Waals surface area contributed by atoms with Crippen LogP contribution >= 0.6 is 143 Å². The van der Waals surface area contributed by atoms with E-state index in [-0.39, 0.29) is 6.61 Å². The zero-order valence-electron chi connectivity index (χ0n) is 22.4. The molecule has 0 bridgehead atoms. The van der Waals surface area contributed by atoms with Crippen LogP contribution in [0.25, 0.3) is 0 Å². The van der Waals surface area contributed by atoms with Crippen LogP contribution in [0.15, 0.2) is 24.3 Å². The highest BCUT2D eigenvalue weighted by Crippen LogP contribution is 2.40. The average Bonchev–Trinajstić information content (AvgIpc) is 2.87. The zero-order valence-corrected chi connectivity index (χ0v) is 36.2. The molecule has 42 heavy (non-hydrogen) atoms. The Bertz CT molecular complexity index is 1230. The Labute approximate surface area is 326 Å². The van der Waals surface area contributed by atoms with Crippen molar-refractivity contribution in [2.75, 3.05) is 60.7 Å². The minimum absolute atomic E-state index is 0.126. The molecule has 0 spiro atoms. The number of nitrogens with zero attached hydrogens (tertiary/aromatic N) is 1. The van der Waals surface area contributed by atoms with Gasteiger partial charge in [0.1, 0.15) is 44.0 Å². The van der Waals surface area contributed by atoms with E-state index in [1.54, 1.807) is 12.1 Å². The number of ether oxygens (including phenoxy) is 4. The number of halogens is 6. The van der Waals surface area contributed by atoms with Crippen LogP contribution in [0.3, 0.4) is 0 Å². The van der Waals surface area contributed by atoms with Gasteiger partial charge in [-0.25, -0.2) is 9.59 Å². The fraction of sp³-hybridized carbons (Fsp3) is 0.417. The van der Waals surface area contributed by atoms with Crippen LogP contribution in [0.2, 0.25) is 0 Å². The molecule has 0 aliphatic rings. The lowest BCUT2D eigenvalue weighted by Gasteiger charge is -2.29. The summed E-state index contributed by atoms with van der Waals surface area (Å²) in [6.07, 6.45) is -1.36. The lowest BCUT2D eigenvalue weighted by molar-refractivity contribution is -0.870. The van der Waals surface area contributed by atoms with E-state index in [0.29, 0.717) is 22.5 Å². The Morgan fingerprint density at radius 2 is 1.24 bits per heavy atom. The monoisotopic (exact) mass is 1280 g/mol. The second kappa shape index (κ2) is 18.7. The second-order valence-corrected chi connectivity index (χ2v) is 17.7. The van der Waals surface area contributed by atoms with Gasteiger partial charge in [-0.15, -0.1) is 0 Å². The maximum absolute atomic E-state index is 12.5. The standard InChI is InChI=1S/C24H26I6NO10P/c1-31(2,3)4-5-40-42(34,35)41-16(10-38-21(32)12-36-19-8-14(25)6-17(27)23(19)29)11-39-22(33)13-37-20-9-15(26)7-18(28)24(20)30/h6-9,16H,4-5,10-13H2,1-3H3. The third-order valence-corrected chi connectivity index (χ3v) is 13.1. The third kappa shape index (κ3) is 15.3. The predicted molar refractivity (Wildman–Crippen MR) is 203 cm³/mol. The van der Waals surface area contributed by atoms with Crippen LogP contribution in [0.4, 0.5) is 0 Å². The number of likely N-dealkylation sites (N-methyl/N-ethyl adjacent to an activating group) is 1. The highest BCUT2D eigenvalue weighted by Gasteiger charge is 2.24. The van der Waals surface area contributed by atoms with E-state index in [2.05, 4.69) is 136 Å². The van der Waals surface area contributed by atoms with Gasteiger partial charge in [0.15, 0.2) is 13.2 Å². The first kappa shape index (κ1) is 39.6. The number of hydrogen-bond acceptors (Lipinski definition) is 10. The van der Waals surface area contributed by atoms with Crippen molar-refractivity contribution < 1.29 is 51.5 Å². The molecule has 0 amide bonds. The molecule has 0 heterocycles. The van der Waals surface area contributed by atoms with Gasteiger partial charge in [-0.1, -0.05) is 0 Å². The molecule has 2 aromatic carbocycles. The minimum atomic E-state index is -4.83. The number of carbonyl (C=O) groups excluding carboxylic acids is 2. The second-order valence-electron chi connectivity index (χ2n) is 9.36. The van der Waals surface area contributed by atoms with E-state index >= 15 is 0 Å². The predicted octanol–water partition coefficient (Wildman–Crippen LogP) is 5.43. The molecule has 2 rings (SSSR count). The van der Waals surface area contributed by atoms with Crippen molar-refractivity contribution in [3.63, 3.8) is 0 Å². The summed E-state index contributed by atoms with van der Waals surface area (Å²) in [5.74, 6) is -0.509. The van der Waals surface area contributed by atoms with E-state index in [4.69, 9.17) is 28.0 Å². The molecular weight excluding hydrogens is 1250 g/mol. The fourth-order valence-corrected chi connectivity index (χ4v) is 8.12. The molecule has 2 aromatic rings. The largest absolute Gasteiger partial charge is 0.756 e. The summed E-state index contributed by atoms with van der Waals surface area (Å²) < 4.78 is 50.1. The molecule has 1 unspecified atom stereocenters. The summed E-state index contributed by atoms with van der Waals surface area (Å²) >= 11 is 12.8. The van der Waals surface area contributed by atoms with Gasteiger partial charge in [0.25, 0.3) is 7.82 Å². The summed E-state index contributed by atoms with van der Waals surface area (Å²) in [6.45, 7) is -1.64. The van der Waals surface area contributed by atoms with Crippen molar-refractivity contribution >= 4 is 155 Å². The molecule has 234 valence electrons. The van der Waals surface area contributed by atoms with Crippen LogP contribution < -0.4 is 14.4 Å². The molecule has 18 heteroatoms. The first-order chi connectivity index (χ1) is 19.5. The van der Waals surface area contributed by atoms with Gasteiger partial charge < -0.3 is 37.4 Å². The van der Waals surface area contributed by atoms with Gasteiger partial charge in [0.05, 0.1) is 28.3 Å². The molecule has 1 atom stereocenters. The zero-order chi connectivity index (χ0) is 31.7. The summed E-state index contributed by atoms with van der Waals surface area (Å²) in [6, 6.07) is 7.50. The summed E-state index contributed by atoms with van der Waals surface area (Å²) in [7, 11) is 0.805. The Morgan fingerprint density at radius 3 is 1.64 bits per heavy atom. The van der Waals surface area contributed by atoms with Gasteiger partial charge in [-0.2, -0.15) is 0 Å². The number of phosphoric ester groups is 1. The molecule has 0 aliphatic heterocycles. The smallest absolute Gasteiger partial charge is 0.344 e. The molecule has 0 aromatic heterocycles. The van der Waals surface area contributed by atoms with E-state index < -0.39 is 52.3 Å². The molecule has 0 saturated heterocycles. The quantitative estimate of drug-likeness (QED) is 0.0706. The Morgan fingerprint density at radius 1 is 0.810 bits per heavy atom. The normalized spacial score (nSPS) is 13.0. The lowest BCUT2D eigenvalue weighted by atomic mass is 10.3. The molecule has 0 radical (unpaired) electrons. The number of quaternary nitrogens is 1. The van der Waals surface area contributed by atoms with Crippen LogP contribution in [-0.4, -0.2) is 83.2 Å². The van der Waals surface area contributed by atoms with Crippen molar-refractivity contribution in [2.24, 2.45) is 0 Å². The van der Waals surface area contributed by atoms with Gasteiger partial charge in [0, 0.05) is 14.3 Å². The summed E-state index contributed by atoms with van der Waals surface area (Å²) in [5, 5.41) is 0. The van der Waals surface area contributed by atoms with E-state index in [9.17, 15) is 19.0 Å². The van der Waals surface area contributed by atoms with Crippen molar-refractivity contribution in [3.05, 3.63) is 45.7 Å². The maximum atomic E-state index is 12.5. The van der Waals surface area contributed by atoms with E-state index in [1.807, 2.05) is 33.3 Å². The fourth-order valence-electron chi connectivity index (χ4n) is 2.75. The lowest BCUT2D eigenvalue weighted by Crippen LogP contribution is -2.38. The highest BCUT2D eigenvalue weighted by atomic mass is 127. The molecule has 0 aliphatic carbocycles. The molecular formula is C24H26I6NO10P. The van der Waals surface area contributed by atoms with E-state index in [0.717, 1.165) is 21.4 Å². The number of carbonyl (C=O) groups is 2. The first-order valence-corrected chi connectivity index (χ1v) is 19.7. The number of rotatable bonds is 16. The van der Waals surface area contributed by atoms with Crippen molar-refractivity contribution in [2.45, 2.75) is 6.10 Å². The van der Waals surface area contributed by atoms with Gasteiger partial charge in [-0.05, 0) is 160 Å². The number of esters is 2. The SMILES string of the molecule is C[N+](C)(C)CCOP(=O)([O-])OC(COC(=O)COc1cc(I)cc(I)c1I)COC(=O)COc1cc(I)cc(I)c1I. The van der Waals surface area contributed by atoms with Crippen LogP contribution in [0.5, 0.6) is 11.5 Å². The summed E-state index contributed by atoms with van der Waals surface area (Å²) in [4.78, 5) is 37.3. The van der Waals surface area contributed by atoms with Crippen molar-refractivity contribution in [1.82, 2.24) is 0 Å². The molecule has 11 nitrogen and oxygen atoms in total. The average molecular weight is 1280 g/mol. The van der Waals surface area contributed by atoms with Crippen LogP contribution in [0, 0.1) is 21.4 Å². The first-order valence-electron chi connectivity index (χ1n) is 11.8. The Hall–Kier alpha value is 1.43. The summed E-state index contributed by atoms with van der Waals surface area (Å²) in [5.41, 5.74) is 0. The number of benzene rings is 2. The molecule has 0 fully saturated rings. The van der Waals surface area contributed by atoms with Crippen molar-refractivity contribution in [1.29, 1.82) is 0 Å².